The molecule has 0 bridgehead atoms. The molecule has 0 spiro atoms. The van der Waals surface area contributed by atoms with Gasteiger partial charge in [0.15, 0.2) is 0 Å². The van der Waals surface area contributed by atoms with Crippen molar-refractivity contribution in [1.29, 1.82) is 0 Å². The number of halogens is 1. The number of fused-ring (bicyclic) bond motifs is 1. The van der Waals surface area contributed by atoms with Crippen LogP contribution in [-0.2, 0) is 14.4 Å². The first-order valence-electron chi connectivity index (χ1n) is 10.3. The van der Waals surface area contributed by atoms with Crippen LogP contribution in [0.4, 0.5) is 11.4 Å². The third kappa shape index (κ3) is 4.12. The molecule has 3 amide bonds. The van der Waals surface area contributed by atoms with Crippen molar-refractivity contribution in [2.24, 2.45) is 11.8 Å². The number of anilines is 2. The summed E-state index contributed by atoms with van der Waals surface area (Å²) in [6.07, 6.45) is 3.43. The Kier molecular flexibility index (Phi) is 5.79. The summed E-state index contributed by atoms with van der Waals surface area (Å²) >= 11 is 6.17. The van der Waals surface area contributed by atoms with E-state index in [0.717, 1.165) is 62.4 Å². The van der Waals surface area contributed by atoms with Gasteiger partial charge in [0, 0.05) is 31.2 Å². The van der Waals surface area contributed by atoms with Gasteiger partial charge in [0.25, 0.3) is 0 Å². The number of likely N-dealkylation sites (N-methyl/N-ethyl adjacent to an activating group) is 1. The fourth-order valence-corrected chi connectivity index (χ4v) is 4.82. The van der Waals surface area contributed by atoms with Gasteiger partial charge in [-0.1, -0.05) is 24.4 Å². The Morgan fingerprint density at radius 1 is 1.07 bits per heavy atom. The normalized spacial score (nSPS) is 25.3. The van der Waals surface area contributed by atoms with Gasteiger partial charge < -0.3 is 15.1 Å². The minimum Gasteiger partial charge on any atom is -0.367 e. The maximum Gasteiger partial charge on any atom is 0.244 e. The summed E-state index contributed by atoms with van der Waals surface area (Å²) in [5.74, 6) is -1.24. The van der Waals surface area contributed by atoms with Crippen LogP contribution in [-0.4, -0.2) is 67.3 Å². The van der Waals surface area contributed by atoms with E-state index in [1.165, 1.54) is 0 Å². The molecule has 2 atom stereocenters. The molecule has 0 aromatic heterocycles. The summed E-state index contributed by atoms with van der Waals surface area (Å²) < 4.78 is 0. The van der Waals surface area contributed by atoms with E-state index in [9.17, 15) is 14.4 Å². The highest BCUT2D eigenvalue weighted by Crippen LogP contribution is 2.38. The molecule has 29 heavy (non-hydrogen) atoms. The number of benzene rings is 1. The standard InChI is InChI=1S/C21H27ClN4O3/c1-24-8-10-25(11-9-24)18-7-6-14(22)12-17(18)23-19(27)13-26-20(28)15-4-2-3-5-16(15)21(26)29/h6-7,12,15-16H,2-5,8-11,13H2,1H3,(H,23,27). The van der Waals surface area contributed by atoms with Crippen LogP contribution in [0.15, 0.2) is 18.2 Å². The first-order chi connectivity index (χ1) is 13.9. The van der Waals surface area contributed by atoms with Crippen LogP contribution < -0.4 is 10.2 Å². The molecule has 2 heterocycles. The maximum absolute atomic E-state index is 12.7. The molecule has 1 N–H and O–H groups in total. The van der Waals surface area contributed by atoms with Crippen molar-refractivity contribution in [3.8, 4) is 0 Å². The highest BCUT2D eigenvalue weighted by atomic mass is 35.5. The lowest BCUT2D eigenvalue weighted by molar-refractivity contribution is -0.142. The molecule has 4 rings (SSSR count). The lowest BCUT2D eigenvalue weighted by Crippen LogP contribution is -2.45. The monoisotopic (exact) mass is 418 g/mol. The summed E-state index contributed by atoms with van der Waals surface area (Å²) in [5, 5.41) is 3.41. The van der Waals surface area contributed by atoms with Crippen LogP contribution >= 0.6 is 11.6 Å². The highest BCUT2D eigenvalue weighted by molar-refractivity contribution is 6.31. The highest BCUT2D eigenvalue weighted by Gasteiger charge is 2.48. The third-order valence-electron chi connectivity index (χ3n) is 6.31. The summed E-state index contributed by atoms with van der Waals surface area (Å²) in [6, 6.07) is 5.44. The van der Waals surface area contributed by atoms with E-state index in [1.807, 2.05) is 12.1 Å². The lowest BCUT2D eigenvalue weighted by atomic mass is 9.81. The van der Waals surface area contributed by atoms with Gasteiger partial charge in [-0.2, -0.15) is 0 Å². The smallest absolute Gasteiger partial charge is 0.244 e. The van der Waals surface area contributed by atoms with Gasteiger partial charge in [-0.25, -0.2) is 0 Å². The Balaban J connectivity index is 1.46. The van der Waals surface area contributed by atoms with E-state index in [4.69, 9.17) is 11.6 Å². The Hall–Kier alpha value is -2.12. The zero-order chi connectivity index (χ0) is 20.5. The van der Waals surface area contributed by atoms with Crippen molar-refractivity contribution in [2.75, 3.05) is 50.0 Å². The summed E-state index contributed by atoms with van der Waals surface area (Å²) in [7, 11) is 2.09. The predicted molar refractivity (Wildman–Crippen MR) is 112 cm³/mol. The Morgan fingerprint density at radius 2 is 1.69 bits per heavy atom. The van der Waals surface area contributed by atoms with Crippen molar-refractivity contribution in [2.45, 2.75) is 25.7 Å². The first kappa shape index (κ1) is 20.2. The van der Waals surface area contributed by atoms with E-state index in [1.54, 1.807) is 6.07 Å². The molecule has 156 valence electrons. The quantitative estimate of drug-likeness (QED) is 0.759. The van der Waals surface area contributed by atoms with Crippen LogP contribution in [0, 0.1) is 11.8 Å². The molecule has 3 fully saturated rings. The van der Waals surface area contributed by atoms with Crippen LogP contribution in [0.25, 0.3) is 0 Å². The van der Waals surface area contributed by atoms with Gasteiger partial charge in [0.2, 0.25) is 17.7 Å². The topological polar surface area (TPSA) is 73.0 Å². The number of hydrogen-bond acceptors (Lipinski definition) is 5. The van der Waals surface area contributed by atoms with Gasteiger partial charge >= 0.3 is 0 Å². The zero-order valence-electron chi connectivity index (χ0n) is 16.7. The second kappa shape index (κ2) is 8.32. The number of nitrogens with zero attached hydrogens (tertiary/aromatic N) is 3. The molecular weight excluding hydrogens is 392 g/mol. The van der Waals surface area contributed by atoms with Gasteiger partial charge in [-0.15, -0.1) is 0 Å². The molecule has 2 aliphatic heterocycles. The van der Waals surface area contributed by atoms with E-state index in [0.29, 0.717) is 10.7 Å². The van der Waals surface area contributed by atoms with Gasteiger partial charge in [0.05, 0.1) is 23.2 Å². The largest absolute Gasteiger partial charge is 0.367 e. The number of imide groups is 1. The molecule has 1 aromatic rings. The maximum atomic E-state index is 12.7. The molecule has 7 nitrogen and oxygen atoms in total. The second-order valence-corrected chi connectivity index (χ2v) is 8.70. The molecule has 1 aliphatic carbocycles. The molecule has 2 saturated heterocycles. The molecular formula is C21H27ClN4O3. The number of likely N-dealkylation sites (tertiary alicyclic amines) is 1. The number of carbonyl (C=O) groups excluding carboxylic acids is 3. The van der Waals surface area contributed by atoms with Crippen LogP contribution in [0.2, 0.25) is 5.02 Å². The lowest BCUT2D eigenvalue weighted by Gasteiger charge is -2.35. The molecule has 1 saturated carbocycles. The Bertz CT molecular complexity index is 798. The van der Waals surface area contributed by atoms with E-state index in [2.05, 4.69) is 22.2 Å². The molecule has 3 aliphatic rings. The fourth-order valence-electron chi connectivity index (χ4n) is 4.65. The summed E-state index contributed by atoms with van der Waals surface area (Å²) in [6.45, 7) is 3.35. The number of nitrogens with one attached hydrogen (secondary N) is 1. The summed E-state index contributed by atoms with van der Waals surface area (Å²) in [5.41, 5.74) is 1.52. The minimum absolute atomic E-state index is 0.194. The van der Waals surface area contributed by atoms with Crippen molar-refractivity contribution in [3.05, 3.63) is 23.2 Å². The molecule has 8 heteroatoms. The van der Waals surface area contributed by atoms with Crippen LogP contribution in [0.5, 0.6) is 0 Å². The first-order valence-corrected chi connectivity index (χ1v) is 10.7. The number of amides is 3. The predicted octanol–water partition coefficient (Wildman–Crippen LogP) is 2.21. The van der Waals surface area contributed by atoms with Crippen LogP contribution in [0.3, 0.4) is 0 Å². The number of carbonyl (C=O) groups is 3. The Labute approximate surface area is 176 Å². The molecule has 0 radical (unpaired) electrons. The average Bonchev–Trinajstić information content (AvgIpc) is 2.94. The number of rotatable bonds is 4. The van der Waals surface area contributed by atoms with Gasteiger partial charge in [0.1, 0.15) is 6.54 Å². The molecule has 1 aromatic carbocycles. The van der Waals surface area contributed by atoms with Crippen molar-refractivity contribution in [1.82, 2.24) is 9.80 Å². The van der Waals surface area contributed by atoms with Gasteiger partial charge in [-0.05, 0) is 38.1 Å². The zero-order valence-corrected chi connectivity index (χ0v) is 17.5. The Morgan fingerprint density at radius 3 is 2.31 bits per heavy atom. The van der Waals surface area contributed by atoms with Crippen LogP contribution in [0.1, 0.15) is 25.7 Å². The SMILES string of the molecule is CN1CCN(c2ccc(Cl)cc2NC(=O)CN2C(=O)C3CCCCC3C2=O)CC1. The van der Waals surface area contributed by atoms with E-state index >= 15 is 0 Å². The minimum atomic E-state index is -0.372. The molecule has 2 unspecified atom stereocenters. The van der Waals surface area contributed by atoms with Crippen molar-refractivity contribution >= 4 is 40.7 Å². The average molecular weight is 419 g/mol. The van der Waals surface area contributed by atoms with E-state index < -0.39 is 0 Å². The summed E-state index contributed by atoms with van der Waals surface area (Å²) in [4.78, 5) is 43.6. The third-order valence-corrected chi connectivity index (χ3v) is 6.55. The van der Waals surface area contributed by atoms with Gasteiger partial charge in [-0.3, -0.25) is 19.3 Å². The number of hydrogen-bond donors (Lipinski definition) is 1. The van der Waals surface area contributed by atoms with E-state index in [-0.39, 0.29) is 36.1 Å². The second-order valence-electron chi connectivity index (χ2n) is 8.26. The fraction of sp³-hybridized carbons (Fsp3) is 0.571. The number of piperazine rings is 1. The van der Waals surface area contributed by atoms with Crippen molar-refractivity contribution < 1.29 is 14.4 Å². The van der Waals surface area contributed by atoms with Crippen molar-refractivity contribution in [3.63, 3.8) is 0 Å².